The normalized spacial score (nSPS) is 13.0. The largest absolute Gasteiger partial charge is 0.439 e. The van der Waals surface area contributed by atoms with Gasteiger partial charge < -0.3 is 19.1 Å². The van der Waals surface area contributed by atoms with Gasteiger partial charge in [0, 0.05) is 24.4 Å². The van der Waals surface area contributed by atoms with Crippen LogP contribution in [0.5, 0.6) is 11.6 Å². The lowest BCUT2D eigenvalue weighted by molar-refractivity contribution is -0.384. The van der Waals surface area contributed by atoms with Crippen molar-refractivity contribution in [2.75, 3.05) is 18.5 Å². The molecule has 0 aliphatic heterocycles. The maximum absolute atomic E-state index is 12.9. The quantitative estimate of drug-likeness (QED) is 0.266. The number of ether oxygens (including phenoxy) is 1. The first-order valence-corrected chi connectivity index (χ1v) is 10.8. The SMILES string of the molecule is CCOP(=O)(OCC)C(C)Nc1cc(Oc2ccc(C(F)(F)F)cn2)ccc1[N+](=O)[O-]. The summed E-state index contributed by atoms with van der Waals surface area (Å²) in [5.41, 5.74) is -1.32. The summed E-state index contributed by atoms with van der Waals surface area (Å²) in [5, 5.41) is 14.1. The van der Waals surface area contributed by atoms with E-state index in [1.165, 1.54) is 19.1 Å². The molecule has 0 fully saturated rings. The minimum Gasteiger partial charge on any atom is -0.439 e. The van der Waals surface area contributed by atoms with Gasteiger partial charge in [-0.25, -0.2) is 4.98 Å². The number of benzene rings is 1. The van der Waals surface area contributed by atoms with E-state index in [-0.39, 0.29) is 36.2 Å². The summed E-state index contributed by atoms with van der Waals surface area (Å²) in [5.74, 6) is -1.02. The Hall–Kier alpha value is -2.69. The maximum atomic E-state index is 12.9. The second kappa shape index (κ2) is 10.1. The Balaban J connectivity index is 2.30. The molecule has 1 atom stereocenters. The molecule has 0 bridgehead atoms. The number of nitrogens with zero attached hydrogens (tertiary/aromatic N) is 2. The summed E-state index contributed by atoms with van der Waals surface area (Å²) >= 11 is 0. The number of pyridine rings is 1. The first-order chi connectivity index (χ1) is 14.5. The Morgan fingerprint density at radius 1 is 1.19 bits per heavy atom. The van der Waals surface area contributed by atoms with Gasteiger partial charge in [0.05, 0.1) is 23.7 Å². The van der Waals surface area contributed by atoms with Crippen LogP contribution in [0.2, 0.25) is 0 Å². The highest BCUT2D eigenvalue weighted by molar-refractivity contribution is 7.54. The molecule has 1 aromatic carbocycles. The molecule has 0 saturated heterocycles. The van der Waals surface area contributed by atoms with Gasteiger partial charge in [-0.3, -0.25) is 14.7 Å². The Morgan fingerprint density at radius 2 is 1.84 bits per heavy atom. The summed E-state index contributed by atoms with van der Waals surface area (Å²) in [6.07, 6.45) is -3.93. The fraction of sp³-hybridized carbons (Fsp3) is 0.389. The van der Waals surface area contributed by atoms with E-state index in [2.05, 4.69) is 10.3 Å². The van der Waals surface area contributed by atoms with Crippen LogP contribution >= 0.6 is 7.60 Å². The van der Waals surface area contributed by atoms with Crippen molar-refractivity contribution in [1.82, 2.24) is 4.98 Å². The van der Waals surface area contributed by atoms with E-state index in [1.807, 2.05) is 0 Å². The lowest BCUT2D eigenvalue weighted by atomic mass is 10.2. The van der Waals surface area contributed by atoms with Crippen LogP contribution in [0.25, 0.3) is 0 Å². The minimum absolute atomic E-state index is 0.0402. The Kier molecular flexibility index (Phi) is 7.99. The predicted molar refractivity (Wildman–Crippen MR) is 106 cm³/mol. The summed E-state index contributed by atoms with van der Waals surface area (Å²) in [6.45, 7) is 4.96. The van der Waals surface area contributed by atoms with Crippen molar-refractivity contribution >= 4 is 19.0 Å². The van der Waals surface area contributed by atoms with Crippen LogP contribution in [0.4, 0.5) is 24.5 Å². The Labute approximate surface area is 176 Å². The van der Waals surface area contributed by atoms with Gasteiger partial charge in [-0.2, -0.15) is 13.2 Å². The fourth-order valence-corrected chi connectivity index (χ4v) is 4.05. The number of rotatable bonds is 10. The van der Waals surface area contributed by atoms with Crippen molar-refractivity contribution < 1.29 is 36.4 Å². The summed E-state index contributed by atoms with van der Waals surface area (Å²) < 4.78 is 66.7. The second-order valence-corrected chi connectivity index (χ2v) is 8.49. The number of hydrogen-bond acceptors (Lipinski definition) is 8. The summed E-state index contributed by atoms with van der Waals surface area (Å²) in [6, 6.07) is 5.47. The van der Waals surface area contributed by atoms with Gasteiger partial charge in [-0.05, 0) is 32.9 Å². The zero-order valence-electron chi connectivity index (χ0n) is 16.9. The van der Waals surface area contributed by atoms with Crippen LogP contribution in [0.1, 0.15) is 26.3 Å². The molecule has 0 aliphatic carbocycles. The first-order valence-electron chi connectivity index (χ1n) is 9.15. The molecule has 2 rings (SSSR count). The van der Waals surface area contributed by atoms with Crippen molar-refractivity contribution in [3.63, 3.8) is 0 Å². The van der Waals surface area contributed by atoms with Crippen molar-refractivity contribution in [3.05, 3.63) is 52.2 Å². The molecular weight excluding hydrogens is 442 g/mol. The van der Waals surface area contributed by atoms with Crippen LogP contribution in [0.3, 0.4) is 0 Å². The number of nitro benzene ring substituents is 1. The Morgan fingerprint density at radius 3 is 2.32 bits per heavy atom. The molecule has 0 aliphatic rings. The third-order valence-electron chi connectivity index (χ3n) is 3.91. The average molecular weight is 463 g/mol. The molecule has 0 amide bonds. The molecule has 1 unspecified atom stereocenters. The number of alkyl halides is 3. The number of anilines is 1. The van der Waals surface area contributed by atoms with E-state index in [0.717, 1.165) is 18.2 Å². The molecule has 9 nitrogen and oxygen atoms in total. The molecule has 0 radical (unpaired) electrons. The van der Waals surface area contributed by atoms with Gasteiger partial charge in [-0.1, -0.05) is 0 Å². The van der Waals surface area contributed by atoms with Crippen molar-refractivity contribution in [2.45, 2.75) is 32.7 Å². The highest BCUT2D eigenvalue weighted by Crippen LogP contribution is 2.53. The standard InChI is InChI=1S/C18H21F3N3O6P/c1-4-28-31(27,29-5-2)12(3)23-15-10-14(7-8-16(15)24(25)26)30-17-9-6-13(11-22-17)18(19,20)21/h6-12,23H,4-5H2,1-3H3. The molecule has 1 N–H and O–H groups in total. The van der Waals surface area contributed by atoms with Crippen molar-refractivity contribution in [3.8, 4) is 11.6 Å². The first kappa shape index (κ1) is 24.6. The highest BCUT2D eigenvalue weighted by atomic mass is 31.2. The van der Waals surface area contributed by atoms with Crippen LogP contribution in [0.15, 0.2) is 36.5 Å². The molecule has 13 heteroatoms. The molecular formula is C18H21F3N3O6P. The monoisotopic (exact) mass is 463 g/mol. The number of nitrogens with one attached hydrogen (secondary N) is 1. The van der Waals surface area contributed by atoms with E-state index in [4.69, 9.17) is 13.8 Å². The molecule has 0 saturated carbocycles. The molecule has 1 aromatic heterocycles. The van der Waals surface area contributed by atoms with Crippen LogP contribution < -0.4 is 10.1 Å². The van der Waals surface area contributed by atoms with Gasteiger partial charge in [0.15, 0.2) is 0 Å². The molecule has 1 heterocycles. The molecule has 31 heavy (non-hydrogen) atoms. The van der Waals surface area contributed by atoms with E-state index in [9.17, 15) is 27.9 Å². The maximum Gasteiger partial charge on any atom is 0.417 e. The molecule has 0 spiro atoms. The topological polar surface area (TPSA) is 113 Å². The summed E-state index contributed by atoms with van der Waals surface area (Å²) in [7, 11) is -3.62. The van der Waals surface area contributed by atoms with Gasteiger partial charge in [0.25, 0.3) is 5.69 Å². The summed E-state index contributed by atoms with van der Waals surface area (Å²) in [4.78, 5) is 14.3. The van der Waals surface area contributed by atoms with E-state index in [1.54, 1.807) is 13.8 Å². The smallest absolute Gasteiger partial charge is 0.417 e. The lowest BCUT2D eigenvalue weighted by Gasteiger charge is -2.24. The van der Waals surface area contributed by atoms with Gasteiger partial charge >= 0.3 is 13.8 Å². The number of aromatic nitrogens is 1. The van der Waals surface area contributed by atoms with E-state index < -0.39 is 30.0 Å². The molecule has 170 valence electrons. The van der Waals surface area contributed by atoms with E-state index in [0.29, 0.717) is 6.20 Å². The van der Waals surface area contributed by atoms with Crippen molar-refractivity contribution in [2.24, 2.45) is 0 Å². The third-order valence-corrected chi connectivity index (χ3v) is 6.22. The second-order valence-electron chi connectivity index (χ2n) is 6.12. The van der Waals surface area contributed by atoms with Crippen molar-refractivity contribution in [1.29, 1.82) is 0 Å². The van der Waals surface area contributed by atoms with Crippen LogP contribution in [-0.2, 0) is 19.8 Å². The van der Waals surface area contributed by atoms with Gasteiger partial charge in [0.2, 0.25) is 5.88 Å². The number of nitro groups is 1. The fourth-order valence-electron chi connectivity index (χ4n) is 2.51. The van der Waals surface area contributed by atoms with Gasteiger partial charge in [0.1, 0.15) is 17.2 Å². The molecule has 2 aromatic rings. The van der Waals surface area contributed by atoms with E-state index >= 15 is 0 Å². The highest BCUT2D eigenvalue weighted by Gasteiger charge is 2.34. The van der Waals surface area contributed by atoms with Crippen LogP contribution in [-0.4, -0.2) is 28.9 Å². The Bertz CT molecular complexity index is 946. The minimum atomic E-state index is -4.54. The van der Waals surface area contributed by atoms with Gasteiger partial charge in [-0.15, -0.1) is 0 Å². The third kappa shape index (κ3) is 6.39. The van der Waals surface area contributed by atoms with Crippen LogP contribution in [0, 0.1) is 10.1 Å². The predicted octanol–water partition coefficient (Wildman–Crippen LogP) is 5.82. The lowest BCUT2D eigenvalue weighted by Crippen LogP contribution is -2.19. The average Bonchev–Trinajstić information content (AvgIpc) is 2.68. The number of halogens is 3. The zero-order valence-corrected chi connectivity index (χ0v) is 17.8. The zero-order chi connectivity index (χ0) is 23.2. The number of hydrogen-bond donors (Lipinski definition) is 1.